The highest BCUT2D eigenvalue weighted by Crippen LogP contribution is 2.34. The predicted octanol–water partition coefficient (Wildman–Crippen LogP) is 3.60. The predicted molar refractivity (Wildman–Crippen MR) is 72.0 cm³/mol. The van der Waals surface area contributed by atoms with Crippen molar-refractivity contribution < 1.29 is 0 Å². The van der Waals surface area contributed by atoms with Crippen LogP contribution in [-0.4, -0.2) is 9.36 Å². The molecule has 0 fully saturated rings. The molecule has 0 spiro atoms. The van der Waals surface area contributed by atoms with E-state index in [9.17, 15) is 0 Å². The van der Waals surface area contributed by atoms with Gasteiger partial charge in [-0.05, 0) is 29.7 Å². The van der Waals surface area contributed by atoms with Crippen molar-refractivity contribution in [2.75, 3.05) is 5.73 Å². The summed E-state index contributed by atoms with van der Waals surface area (Å²) in [4.78, 5) is 5.41. The Bertz CT molecular complexity index is 499. The number of aryl methyl sites for hydroxylation is 1. The van der Waals surface area contributed by atoms with E-state index in [4.69, 9.17) is 5.73 Å². The summed E-state index contributed by atoms with van der Waals surface area (Å²) in [5.41, 5.74) is 6.67. The summed E-state index contributed by atoms with van der Waals surface area (Å²) in [5.74, 6) is 0.892. The third-order valence-corrected chi connectivity index (χ3v) is 4.31. The molecule has 1 aromatic heterocycles. The molecule has 1 heterocycles. The fourth-order valence-corrected chi connectivity index (χ4v) is 3.19. The molecule has 2 N–H and O–H groups in total. The number of nitrogen functional groups attached to an aromatic ring is 1. The quantitative estimate of drug-likeness (QED) is 0.879. The third-order valence-electron chi connectivity index (χ3n) is 1.93. The lowest BCUT2D eigenvalue weighted by atomic mass is 10.3. The van der Waals surface area contributed by atoms with E-state index in [1.54, 1.807) is 11.8 Å². The smallest absolute Gasteiger partial charge is 0.174 e. The molecule has 84 valence electrons. The average molecular weight is 316 g/mol. The molecule has 2 rings (SSSR count). The summed E-state index contributed by atoms with van der Waals surface area (Å²) in [6, 6.07) is 5.85. The minimum Gasteiger partial charge on any atom is -0.398 e. The maximum Gasteiger partial charge on any atom is 0.174 e. The van der Waals surface area contributed by atoms with Gasteiger partial charge in [0.25, 0.3) is 0 Å². The summed E-state index contributed by atoms with van der Waals surface area (Å²) in [6.07, 6.45) is 0.868. The van der Waals surface area contributed by atoms with Crippen LogP contribution in [0.3, 0.4) is 0 Å². The summed E-state index contributed by atoms with van der Waals surface area (Å²) in [7, 11) is 0. The number of nitrogens with two attached hydrogens (primary N) is 1. The van der Waals surface area contributed by atoms with E-state index in [2.05, 4.69) is 25.3 Å². The van der Waals surface area contributed by atoms with Crippen LogP contribution in [0.1, 0.15) is 12.7 Å². The lowest BCUT2D eigenvalue weighted by Crippen LogP contribution is -1.88. The third kappa shape index (κ3) is 2.75. The molecule has 3 nitrogen and oxygen atoms in total. The lowest BCUT2D eigenvalue weighted by molar-refractivity contribution is 0.971. The molecule has 0 atom stereocenters. The topological polar surface area (TPSA) is 51.8 Å². The molecule has 6 heteroatoms. The number of hydrogen-bond donors (Lipinski definition) is 1. The largest absolute Gasteiger partial charge is 0.398 e. The van der Waals surface area contributed by atoms with Crippen molar-refractivity contribution in [1.29, 1.82) is 0 Å². The van der Waals surface area contributed by atoms with Crippen LogP contribution in [0.15, 0.2) is 31.9 Å². The molecule has 0 aliphatic carbocycles. The van der Waals surface area contributed by atoms with Gasteiger partial charge < -0.3 is 5.73 Å². The molecule has 0 aliphatic rings. The van der Waals surface area contributed by atoms with Gasteiger partial charge in [-0.25, -0.2) is 4.98 Å². The first-order valence-corrected chi connectivity index (χ1v) is 7.13. The van der Waals surface area contributed by atoms with Gasteiger partial charge >= 0.3 is 0 Å². The summed E-state index contributed by atoms with van der Waals surface area (Å²) in [5, 5.41) is 0. The van der Waals surface area contributed by atoms with Gasteiger partial charge in [-0.15, -0.1) is 0 Å². The van der Waals surface area contributed by atoms with Crippen LogP contribution in [0, 0.1) is 0 Å². The minimum atomic E-state index is 0.757. The fraction of sp³-hybridized carbons (Fsp3) is 0.200. The van der Waals surface area contributed by atoms with Crippen molar-refractivity contribution in [2.24, 2.45) is 0 Å². The van der Waals surface area contributed by atoms with Gasteiger partial charge in [0.2, 0.25) is 0 Å². The van der Waals surface area contributed by atoms with Crippen LogP contribution in [-0.2, 0) is 6.42 Å². The van der Waals surface area contributed by atoms with Crippen LogP contribution in [0.4, 0.5) is 5.69 Å². The zero-order chi connectivity index (χ0) is 11.5. The minimum absolute atomic E-state index is 0.757. The van der Waals surface area contributed by atoms with E-state index >= 15 is 0 Å². The first kappa shape index (κ1) is 11.9. The maximum absolute atomic E-state index is 5.91. The van der Waals surface area contributed by atoms with E-state index in [0.717, 1.165) is 31.6 Å². The Morgan fingerprint density at radius 3 is 2.94 bits per heavy atom. The summed E-state index contributed by atoms with van der Waals surface area (Å²) in [6.45, 7) is 2.05. The highest BCUT2D eigenvalue weighted by atomic mass is 79.9. The van der Waals surface area contributed by atoms with Crippen LogP contribution < -0.4 is 5.73 Å². The Labute approximate surface area is 111 Å². The molecule has 0 saturated heterocycles. The van der Waals surface area contributed by atoms with E-state index in [-0.39, 0.29) is 0 Å². The van der Waals surface area contributed by atoms with Gasteiger partial charge in [0.1, 0.15) is 5.82 Å². The van der Waals surface area contributed by atoms with Gasteiger partial charge in [0, 0.05) is 21.5 Å². The number of rotatable bonds is 3. The van der Waals surface area contributed by atoms with Gasteiger partial charge in [-0.2, -0.15) is 4.37 Å². The SMILES string of the molecule is CCc1nsc(Sc2ccc(Br)cc2N)n1. The number of benzene rings is 1. The van der Waals surface area contributed by atoms with Crippen molar-refractivity contribution >= 4 is 44.9 Å². The summed E-state index contributed by atoms with van der Waals surface area (Å²) >= 11 is 6.36. The second-order valence-corrected chi connectivity index (χ2v) is 6.07. The molecule has 1 aromatic carbocycles. The van der Waals surface area contributed by atoms with Crippen LogP contribution >= 0.6 is 39.2 Å². The Kier molecular flexibility index (Phi) is 3.83. The molecule has 0 radical (unpaired) electrons. The highest BCUT2D eigenvalue weighted by molar-refractivity contribution is 9.10. The fourth-order valence-electron chi connectivity index (χ4n) is 1.13. The van der Waals surface area contributed by atoms with E-state index in [1.807, 2.05) is 25.1 Å². The van der Waals surface area contributed by atoms with Crippen molar-refractivity contribution in [1.82, 2.24) is 9.36 Å². The number of aromatic nitrogens is 2. The highest BCUT2D eigenvalue weighted by Gasteiger charge is 2.07. The molecule has 0 saturated carbocycles. The van der Waals surface area contributed by atoms with Crippen molar-refractivity contribution in [2.45, 2.75) is 22.6 Å². The number of hydrogen-bond acceptors (Lipinski definition) is 5. The monoisotopic (exact) mass is 315 g/mol. The van der Waals surface area contributed by atoms with Gasteiger partial charge in [-0.1, -0.05) is 34.6 Å². The van der Waals surface area contributed by atoms with Gasteiger partial charge in [0.15, 0.2) is 4.34 Å². The van der Waals surface area contributed by atoms with Gasteiger partial charge in [-0.3, -0.25) is 0 Å². The van der Waals surface area contributed by atoms with Gasteiger partial charge in [0.05, 0.1) is 0 Å². The van der Waals surface area contributed by atoms with Crippen LogP contribution in [0.2, 0.25) is 0 Å². The maximum atomic E-state index is 5.91. The standard InChI is InChI=1S/C10H10BrN3S2/c1-2-9-13-10(16-14-9)15-8-4-3-6(11)5-7(8)12/h3-5H,2,12H2,1H3. The Balaban J connectivity index is 2.20. The first-order valence-electron chi connectivity index (χ1n) is 4.74. The second kappa shape index (κ2) is 5.16. The molecule has 0 bridgehead atoms. The number of halogens is 1. The van der Waals surface area contributed by atoms with Crippen molar-refractivity contribution in [3.63, 3.8) is 0 Å². The normalized spacial score (nSPS) is 10.6. The molecule has 0 amide bonds. The zero-order valence-electron chi connectivity index (χ0n) is 8.61. The number of anilines is 1. The molecule has 0 unspecified atom stereocenters. The van der Waals surface area contributed by atoms with Crippen LogP contribution in [0.5, 0.6) is 0 Å². The molecule has 2 aromatic rings. The molecular formula is C10H10BrN3S2. The van der Waals surface area contributed by atoms with E-state index in [1.165, 1.54) is 11.5 Å². The Hall–Kier alpha value is -0.590. The summed E-state index contributed by atoms with van der Waals surface area (Å²) < 4.78 is 6.16. The number of nitrogens with zero attached hydrogens (tertiary/aromatic N) is 2. The molecular weight excluding hydrogens is 306 g/mol. The first-order chi connectivity index (χ1) is 7.69. The second-order valence-electron chi connectivity index (χ2n) is 3.11. The Morgan fingerprint density at radius 2 is 2.31 bits per heavy atom. The Morgan fingerprint density at radius 1 is 1.50 bits per heavy atom. The lowest BCUT2D eigenvalue weighted by Gasteiger charge is -2.02. The molecule has 0 aliphatic heterocycles. The molecule has 16 heavy (non-hydrogen) atoms. The van der Waals surface area contributed by atoms with E-state index < -0.39 is 0 Å². The average Bonchev–Trinajstić information content (AvgIpc) is 2.70. The van der Waals surface area contributed by atoms with E-state index in [0.29, 0.717) is 0 Å². The zero-order valence-corrected chi connectivity index (χ0v) is 11.8. The van der Waals surface area contributed by atoms with Crippen molar-refractivity contribution in [3.05, 3.63) is 28.5 Å². The van der Waals surface area contributed by atoms with Crippen LogP contribution in [0.25, 0.3) is 0 Å². The van der Waals surface area contributed by atoms with Crippen molar-refractivity contribution in [3.8, 4) is 0 Å².